The summed E-state index contributed by atoms with van der Waals surface area (Å²) in [5.41, 5.74) is 7.03. The Bertz CT molecular complexity index is 683. The van der Waals surface area contributed by atoms with Crippen molar-refractivity contribution in [3.63, 3.8) is 0 Å². The molecule has 0 spiro atoms. The van der Waals surface area contributed by atoms with E-state index >= 15 is 0 Å². The number of hydrogen-bond acceptors (Lipinski definition) is 4. The summed E-state index contributed by atoms with van der Waals surface area (Å²) in [5.74, 6) is 0.760. The maximum atomic E-state index is 12.1. The molecule has 1 amide bonds. The van der Waals surface area contributed by atoms with Gasteiger partial charge in [-0.3, -0.25) is 4.79 Å². The number of nitrogens with two attached hydrogens (primary N) is 1. The lowest BCUT2D eigenvalue weighted by atomic mass is 10.2. The van der Waals surface area contributed by atoms with Gasteiger partial charge in [0.15, 0.2) is 0 Å². The Labute approximate surface area is 136 Å². The number of aromatic nitrogens is 1. The van der Waals surface area contributed by atoms with Gasteiger partial charge in [-0.25, -0.2) is 4.98 Å². The third-order valence-corrected chi connectivity index (χ3v) is 3.18. The van der Waals surface area contributed by atoms with Crippen LogP contribution in [-0.4, -0.2) is 17.5 Å². The van der Waals surface area contributed by atoms with E-state index in [4.69, 9.17) is 10.5 Å². The quantitative estimate of drug-likeness (QED) is 0.771. The number of hydrogen-bond donors (Lipinski definition) is 2. The lowest BCUT2D eigenvalue weighted by Crippen LogP contribution is -2.24. The normalized spacial score (nSPS) is 10.7. The summed E-state index contributed by atoms with van der Waals surface area (Å²) in [7, 11) is 0. The van der Waals surface area contributed by atoms with Crippen molar-refractivity contribution < 1.29 is 9.53 Å². The lowest BCUT2D eigenvalue weighted by Gasteiger charge is -2.09. The molecule has 0 atom stereocenters. The first-order valence-corrected chi connectivity index (χ1v) is 7.56. The fraction of sp³-hybridized carbons (Fsp3) is 0.222. The van der Waals surface area contributed by atoms with Gasteiger partial charge in [0.1, 0.15) is 18.2 Å². The van der Waals surface area contributed by atoms with Crippen molar-refractivity contribution in [3.05, 3.63) is 65.9 Å². The molecule has 0 unspecified atom stereocenters. The predicted molar refractivity (Wildman–Crippen MR) is 91.2 cm³/mol. The van der Waals surface area contributed by atoms with Gasteiger partial charge in [0, 0.05) is 12.7 Å². The molecule has 1 aromatic heterocycles. The zero-order chi connectivity index (χ0) is 16.5. The lowest BCUT2D eigenvalue weighted by molar-refractivity contribution is 0.0951. The second-order valence-corrected chi connectivity index (χ2v) is 4.96. The zero-order valence-corrected chi connectivity index (χ0v) is 13.2. The summed E-state index contributed by atoms with van der Waals surface area (Å²) >= 11 is 0. The highest BCUT2D eigenvalue weighted by atomic mass is 16.5. The molecule has 2 aromatic rings. The van der Waals surface area contributed by atoms with Gasteiger partial charge >= 0.3 is 0 Å². The minimum absolute atomic E-state index is 0.227. The van der Waals surface area contributed by atoms with Crippen LogP contribution in [0.15, 0.2) is 54.7 Å². The SMILES string of the molecule is CCC=CCOc1cccc(CNC(=O)c2cccnc2N)c1. The maximum absolute atomic E-state index is 12.1. The van der Waals surface area contributed by atoms with E-state index in [0.29, 0.717) is 18.7 Å². The summed E-state index contributed by atoms with van der Waals surface area (Å²) in [4.78, 5) is 16.0. The predicted octanol–water partition coefficient (Wildman–Crippen LogP) is 2.94. The molecule has 2 rings (SSSR count). The number of pyridine rings is 1. The van der Waals surface area contributed by atoms with Crippen LogP contribution in [0.5, 0.6) is 5.75 Å². The molecular formula is C18H21N3O2. The Morgan fingerprint density at radius 2 is 2.17 bits per heavy atom. The number of nitrogens with one attached hydrogen (secondary N) is 1. The van der Waals surface area contributed by atoms with Crippen molar-refractivity contribution in [2.24, 2.45) is 0 Å². The fourth-order valence-electron chi connectivity index (χ4n) is 2.01. The van der Waals surface area contributed by atoms with Gasteiger partial charge in [-0.15, -0.1) is 0 Å². The largest absolute Gasteiger partial charge is 0.490 e. The number of benzene rings is 1. The van der Waals surface area contributed by atoms with Gasteiger partial charge in [-0.05, 0) is 36.2 Å². The molecule has 0 aliphatic carbocycles. The minimum atomic E-state index is -0.243. The molecule has 0 radical (unpaired) electrons. The molecule has 5 heteroatoms. The topological polar surface area (TPSA) is 77.2 Å². The zero-order valence-electron chi connectivity index (χ0n) is 13.2. The third-order valence-electron chi connectivity index (χ3n) is 3.18. The van der Waals surface area contributed by atoms with Gasteiger partial charge in [0.2, 0.25) is 0 Å². The van der Waals surface area contributed by atoms with E-state index in [1.807, 2.05) is 30.3 Å². The highest BCUT2D eigenvalue weighted by molar-refractivity contribution is 5.98. The number of nitrogens with zero attached hydrogens (tertiary/aromatic N) is 1. The first-order valence-electron chi connectivity index (χ1n) is 7.56. The summed E-state index contributed by atoms with van der Waals surface area (Å²) in [5, 5.41) is 2.83. The van der Waals surface area contributed by atoms with Crippen LogP contribution in [-0.2, 0) is 6.54 Å². The van der Waals surface area contributed by atoms with E-state index in [9.17, 15) is 4.79 Å². The van der Waals surface area contributed by atoms with E-state index in [2.05, 4.69) is 23.3 Å². The maximum Gasteiger partial charge on any atom is 0.255 e. The number of anilines is 1. The van der Waals surface area contributed by atoms with Crippen LogP contribution >= 0.6 is 0 Å². The summed E-state index contributed by atoms with van der Waals surface area (Å²) in [6.07, 6.45) is 6.59. The summed E-state index contributed by atoms with van der Waals surface area (Å²) in [6, 6.07) is 11.0. The first kappa shape index (κ1) is 16.5. The molecule has 0 aliphatic heterocycles. The number of allylic oxidation sites excluding steroid dienone is 1. The molecule has 0 saturated carbocycles. The van der Waals surface area contributed by atoms with E-state index < -0.39 is 0 Å². The Balaban J connectivity index is 1.92. The first-order chi connectivity index (χ1) is 11.2. The van der Waals surface area contributed by atoms with E-state index in [0.717, 1.165) is 17.7 Å². The van der Waals surface area contributed by atoms with Gasteiger partial charge in [-0.1, -0.05) is 31.2 Å². The molecule has 0 bridgehead atoms. The number of rotatable bonds is 7. The number of carbonyl (C=O) groups excluding carboxylic acids is 1. The fourth-order valence-corrected chi connectivity index (χ4v) is 2.01. The molecule has 0 aliphatic rings. The van der Waals surface area contributed by atoms with Crippen LogP contribution in [0.25, 0.3) is 0 Å². The van der Waals surface area contributed by atoms with Crippen molar-refractivity contribution in [3.8, 4) is 5.75 Å². The average Bonchev–Trinajstić information content (AvgIpc) is 2.57. The second kappa shape index (κ2) is 8.58. The van der Waals surface area contributed by atoms with Gasteiger partial charge in [-0.2, -0.15) is 0 Å². The van der Waals surface area contributed by atoms with E-state index in [1.165, 1.54) is 0 Å². The third kappa shape index (κ3) is 5.14. The molecule has 3 N–H and O–H groups in total. The molecule has 0 fully saturated rings. The highest BCUT2D eigenvalue weighted by Crippen LogP contribution is 2.14. The van der Waals surface area contributed by atoms with Gasteiger partial charge in [0.05, 0.1) is 5.56 Å². The monoisotopic (exact) mass is 311 g/mol. The molecule has 1 aromatic carbocycles. The smallest absolute Gasteiger partial charge is 0.255 e. The van der Waals surface area contributed by atoms with Crippen LogP contribution in [0.2, 0.25) is 0 Å². The van der Waals surface area contributed by atoms with E-state index in [1.54, 1.807) is 18.3 Å². The molecular weight excluding hydrogens is 290 g/mol. The van der Waals surface area contributed by atoms with Crippen LogP contribution in [0.3, 0.4) is 0 Å². The van der Waals surface area contributed by atoms with Crippen LogP contribution in [0, 0.1) is 0 Å². The van der Waals surface area contributed by atoms with Crippen molar-refractivity contribution in [1.29, 1.82) is 0 Å². The average molecular weight is 311 g/mol. The van der Waals surface area contributed by atoms with Crippen molar-refractivity contribution in [2.45, 2.75) is 19.9 Å². The van der Waals surface area contributed by atoms with Crippen molar-refractivity contribution in [1.82, 2.24) is 10.3 Å². The highest BCUT2D eigenvalue weighted by Gasteiger charge is 2.09. The molecule has 23 heavy (non-hydrogen) atoms. The molecule has 120 valence electrons. The number of ether oxygens (including phenoxy) is 1. The summed E-state index contributed by atoms with van der Waals surface area (Å²) in [6.45, 7) is 3.01. The Kier molecular flexibility index (Phi) is 6.17. The molecule has 5 nitrogen and oxygen atoms in total. The standard InChI is InChI=1S/C18H21N3O2/c1-2-3-4-11-23-15-8-5-7-14(12-15)13-21-18(22)16-9-6-10-20-17(16)19/h3-10,12H,2,11,13H2,1H3,(H2,19,20)(H,21,22). The number of nitrogen functional groups attached to an aromatic ring is 1. The van der Waals surface area contributed by atoms with Crippen molar-refractivity contribution in [2.75, 3.05) is 12.3 Å². The Morgan fingerprint density at radius 3 is 2.96 bits per heavy atom. The molecule has 1 heterocycles. The number of carbonyl (C=O) groups is 1. The van der Waals surface area contributed by atoms with Crippen LogP contribution in [0.4, 0.5) is 5.82 Å². The Morgan fingerprint density at radius 1 is 1.30 bits per heavy atom. The van der Waals surface area contributed by atoms with Crippen LogP contribution in [0.1, 0.15) is 29.3 Å². The molecule has 0 saturated heterocycles. The van der Waals surface area contributed by atoms with Crippen LogP contribution < -0.4 is 15.8 Å². The van der Waals surface area contributed by atoms with Crippen molar-refractivity contribution >= 4 is 11.7 Å². The van der Waals surface area contributed by atoms with E-state index in [-0.39, 0.29) is 11.7 Å². The van der Waals surface area contributed by atoms with Gasteiger partial charge in [0.25, 0.3) is 5.91 Å². The minimum Gasteiger partial charge on any atom is -0.490 e. The number of amides is 1. The van der Waals surface area contributed by atoms with Gasteiger partial charge < -0.3 is 15.8 Å². The Hall–Kier alpha value is -2.82. The second-order valence-electron chi connectivity index (χ2n) is 4.96. The summed E-state index contributed by atoms with van der Waals surface area (Å²) < 4.78 is 5.63.